The fraction of sp³-hybridized carbons (Fsp3) is 0.929. The highest BCUT2D eigenvalue weighted by Gasteiger charge is 2.18. The number of carbonyl (C=O) groups excluding carboxylic acids is 2. The molecule has 6 heteroatoms. The summed E-state index contributed by atoms with van der Waals surface area (Å²) in [6, 6.07) is -0.624. The Labute approximate surface area is 564 Å². The van der Waals surface area contributed by atoms with Crippen LogP contribution in [0.5, 0.6) is 0 Å². The molecule has 90 heavy (non-hydrogen) atoms. The van der Waals surface area contributed by atoms with Crippen LogP contribution in [0.15, 0.2) is 24.3 Å². The number of rotatable bonds is 79. The third-order valence-corrected chi connectivity index (χ3v) is 19.7. The highest BCUT2D eigenvalue weighted by molar-refractivity contribution is 5.76. The first-order valence-electron chi connectivity index (χ1n) is 41.6. The zero-order chi connectivity index (χ0) is 64.9. The monoisotopic (exact) mass is 1270 g/mol. The molecule has 0 spiro atoms. The average Bonchev–Trinajstić information content (AvgIpc) is 3.70. The predicted octanol–water partition coefficient (Wildman–Crippen LogP) is 27.6. The van der Waals surface area contributed by atoms with Crippen LogP contribution < -0.4 is 5.32 Å². The minimum Gasteiger partial charge on any atom is -0.466 e. The van der Waals surface area contributed by atoms with Gasteiger partial charge in [-0.05, 0) is 51.4 Å². The van der Waals surface area contributed by atoms with E-state index in [1.165, 1.54) is 405 Å². The fourth-order valence-electron chi connectivity index (χ4n) is 13.4. The predicted molar refractivity (Wildman–Crippen MR) is 398 cm³/mol. The zero-order valence-electron chi connectivity index (χ0n) is 61.4. The molecule has 1 amide bonds. The Morgan fingerprint density at radius 2 is 0.533 bits per heavy atom. The molecule has 0 aliphatic rings. The summed E-state index contributed by atoms with van der Waals surface area (Å²) in [5.74, 6) is -0.0428. The maximum atomic E-state index is 12.6. The number of carbonyl (C=O) groups is 2. The summed E-state index contributed by atoms with van der Waals surface area (Å²) < 4.78 is 5.48. The first-order valence-corrected chi connectivity index (χ1v) is 41.6. The number of unbranched alkanes of at least 4 members (excludes halogenated alkanes) is 66. The number of hydrogen-bond donors (Lipinski definition) is 3. The van der Waals surface area contributed by atoms with E-state index in [0.29, 0.717) is 19.4 Å². The molecule has 0 rings (SSSR count). The van der Waals surface area contributed by atoms with E-state index in [1.54, 1.807) is 6.08 Å². The minimum absolute atomic E-state index is 0.0135. The third kappa shape index (κ3) is 75.4. The molecule has 2 unspecified atom stereocenters. The van der Waals surface area contributed by atoms with E-state index < -0.39 is 12.1 Å². The second-order valence-electron chi connectivity index (χ2n) is 28.8. The fourth-order valence-corrected chi connectivity index (χ4v) is 13.4. The van der Waals surface area contributed by atoms with E-state index in [4.69, 9.17) is 4.74 Å². The first-order chi connectivity index (χ1) is 44.5. The van der Waals surface area contributed by atoms with Crippen molar-refractivity contribution >= 4 is 11.9 Å². The third-order valence-electron chi connectivity index (χ3n) is 19.7. The zero-order valence-corrected chi connectivity index (χ0v) is 61.4. The van der Waals surface area contributed by atoms with Crippen molar-refractivity contribution < 1.29 is 24.5 Å². The number of hydrogen-bond acceptors (Lipinski definition) is 5. The molecule has 0 aliphatic heterocycles. The largest absolute Gasteiger partial charge is 0.466 e. The lowest BCUT2D eigenvalue weighted by molar-refractivity contribution is -0.143. The highest BCUT2D eigenvalue weighted by atomic mass is 16.5. The number of esters is 1. The Balaban J connectivity index is 3.32. The van der Waals surface area contributed by atoms with Gasteiger partial charge in [-0.25, -0.2) is 0 Å². The Morgan fingerprint density at radius 3 is 0.822 bits per heavy atom. The Bertz CT molecular complexity index is 1410. The minimum atomic E-state index is -0.841. The van der Waals surface area contributed by atoms with Crippen LogP contribution in [0.25, 0.3) is 0 Å². The van der Waals surface area contributed by atoms with Gasteiger partial charge in [0.05, 0.1) is 25.4 Å². The summed E-state index contributed by atoms with van der Waals surface area (Å²) in [4.78, 5) is 24.6. The Hall–Kier alpha value is -1.66. The summed E-state index contributed by atoms with van der Waals surface area (Å²) in [6.07, 6.45) is 103. The van der Waals surface area contributed by atoms with Crippen molar-refractivity contribution in [3.8, 4) is 0 Å². The van der Waals surface area contributed by atoms with Gasteiger partial charge in [0.15, 0.2) is 0 Å². The summed E-state index contributed by atoms with van der Waals surface area (Å²) >= 11 is 0. The second kappa shape index (κ2) is 79.8. The molecule has 0 radical (unpaired) electrons. The van der Waals surface area contributed by atoms with Gasteiger partial charge in [0.2, 0.25) is 5.91 Å². The van der Waals surface area contributed by atoms with E-state index in [2.05, 4.69) is 31.3 Å². The lowest BCUT2D eigenvalue weighted by atomic mass is 10.0. The van der Waals surface area contributed by atoms with Crippen molar-refractivity contribution in [2.75, 3.05) is 13.2 Å². The van der Waals surface area contributed by atoms with Crippen LogP contribution in [0.4, 0.5) is 0 Å². The van der Waals surface area contributed by atoms with Crippen molar-refractivity contribution in [3.05, 3.63) is 24.3 Å². The quantitative estimate of drug-likeness (QED) is 0.0320. The molecule has 0 aromatic carbocycles. The van der Waals surface area contributed by atoms with Crippen LogP contribution in [-0.4, -0.2) is 47.4 Å². The molecule has 0 aromatic rings. The number of allylic oxidation sites excluding steroid dienone is 3. The SMILES string of the molecule is CCCC/C=C\CCCCCCCC(=O)OCCCCCCCCCCCCCCCCCCCCCCCCCCCCCCCCCCCCCCCCCC(=O)NC(CO)C(O)/C=C/CCCCCCCCCCCCCCCCCCCCCCC. The van der Waals surface area contributed by atoms with Gasteiger partial charge in [0.25, 0.3) is 0 Å². The van der Waals surface area contributed by atoms with Crippen molar-refractivity contribution in [1.29, 1.82) is 0 Å². The molecule has 0 bridgehead atoms. The number of aliphatic hydroxyl groups excluding tert-OH is 2. The smallest absolute Gasteiger partial charge is 0.305 e. The molecule has 6 nitrogen and oxygen atoms in total. The van der Waals surface area contributed by atoms with Crippen LogP contribution in [0.1, 0.15) is 476 Å². The molecule has 0 heterocycles. The topological polar surface area (TPSA) is 95.9 Å². The summed E-state index contributed by atoms with van der Waals surface area (Å²) in [5, 5.41) is 23.3. The van der Waals surface area contributed by atoms with Gasteiger partial charge in [-0.2, -0.15) is 0 Å². The van der Waals surface area contributed by atoms with Gasteiger partial charge >= 0.3 is 5.97 Å². The van der Waals surface area contributed by atoms with Crippen LogP contribution in [0, 0.1) is 0 Å². The normalized spacial score (nSPS) is 12.5. The van der Waals surface area contributed by atoms with Crippen molar-refractivity contribution in [3.63, 3.8) is 0 Å². The molecule has 534 valence electrons. The van der Waals surface area contributed by atoms with E-state index in [-0.39, 0.29) is 18.5 Å². The molecule has 0 saturated carbocycles. The number of ether oxygens (including phenoxy) is 1. The van der Waals surface area contributed by atoms with Crippen LogP contribution in [-0.2, 0) is 14.3 Å². The van der Waals surface area contributed by atoms with E-state index in [1.807, 2.05) is 6.08 Å². The average molecular weight is 1270 g/mol. The van der Waals surface area contributed by atoms with Crippen LogP contribution in [0.2, 0.25) is 0 Å². The van der Waals surface area contributed by atoms with Gasteiger partial charge in [0, 0.05) is 12.8 Å². The standard InChI is InChI=1S/C84H163NO5/c1-3-5-7-9-11-13-15-16-17-18-19-20-38-41-44-47-50-53-57-60-64-68-72-76-82(87)81(80-86)85-83(88)77-73-69-65-61-58-54-51-48-45-42-39-36-34-32-30-28-26-24-22-21-23-25-27-29-31-33-35-37-40-43-46-49-52-55-59-63-67-71-75-79-90-84(89)78-74-70-66-62-56-14-12-10-8-6-4-2/h10,12,72,76,81-82,86-87H,3-9,11,13-71,73-75,77-80H2,1-2H3,(H,85,88)/b12-10-,76-72+. The van der Waals surface area contributed by atoms with Gasteiger partial charge in [-0.1, -0.05) is 436 Å². The van der Waals surface area contributed by atoms with Crippen molar-refractivity contribution in [2.24, 2.45) is 0 Å². The van der Waals surface area contributed by atoms with Crippen molar-refractivity contribution in [2.45, 2.75) is 488 Å². The molecular formula is C84H163NO5. The lowest BCUT2D eigenvalue weighted by Crippen LogP contribution is -2.45. The Morgan fingerprint density at radius 1 is 0.300 bits per heavy atom. The second-order valence-corrected chi connectivity index (χ2v) is 28.8. The molecule has 0 aromatic heterocycles. The van der Waals surface area contributed by atoms with Gasteiger partial charge < -0.3 is 20.3 Å². The summed E-state index contributed by atoms with van der Waals surface area (Å²) in [5.41, 5.74) is 0. The molecule has 0 aliphatic carbocycles. The molecule has 0 saturated heterocycles. The van der Waals surface area contributed by atoms with E-state index in [0.717, 1.165) is 44.9 Å². The molecule has 0 fully saturated rings. The maximum Gasteiger partial charge on any atom is 0.305 e. The summed E-state index contributed by atoms with van der Waals surface area (Å²) in [7, 11) is 0. The molecule has 3 N–H and O–H groups in total. The van der Waals surface area contributed by atoms with Gasteiger partial charge in [0.1, 0.15) is 0 Å². The van der Waals surface area contributed by atoms with E-state index >= 15 is 0 Å². The summed E-state index contributed by atoms with van der Waals surface area (Å²) in [6.45, 7) is 4.92. The van der Waals surface area contributed by atoms with Crippen LogP contribution in [0.3, 0.4) is 0 Å². The number of aliphatic hydroxyl groups is 2. The maximum absolute atomic E-state index is 12.6. The van der Waals surface area contributed by atoms with Crippen LogP contribution >= 0.6 is 0 Å². The Kier molecular flexibility index (Phi) is 78.3. The van der Waals surface area contributed by atoms with Gasteiger partial charge in [-0.3, -0.25) is 9.59 Å². The van der Waals surface area contributed by atoms with Crippen molar-refractivity contribution in [1.82, 2.24) is 5.32 Å². The molecule has 2 atom stereocenters. The number of amides is 1. The highest BCUT2D eigenvalue weighted by Crippen LogP contribution is 2.21. The number of nitrogens with one attached hydrogen (secondary N) is 1. The first kappa shape index (κ1) is 88.3. The van der Waals surface area contributed by atoms with E-state index in [9.17, 15) is 19.8 Å². The lowest BCUT2D eigenvalue weighted by Gasteiger charge is -2.20. The van der Waals surface area contributed by atoms with Gasteiger partial charge in [-0.15, -0.1) is 0 Å². The molecular weight excluding hydrogens is 1100 g/mol.